The fourth-order valence-electron chi connectivity index (χ4n) is 2.02. The van der Waals surface area contributed by atoms with Crippen LogP contribution in [0.5, 0.6) is 11.5 Å². The van der Waals surface area contributed by atoms with Gasteiger partial charge < -0.3 is 15.1 Å². The second-order valence-electron chi connectivity index (χ2n) is 4.16. The van der Waals surface area contributed by atoms with Crippen molar-refractivity contribution in [2.75, 3.05) is 13.1 Å². The Morgan fingerprint density at radius 1 is 1.35 bits per heavy atom. The van der Waals surface area contributed by atoms with Gasteiger partial charge in [-0.15, -0.1) is 11.6 Å². The molecule has 0 saturated carbocycles. The van der Waals surface area contributed by atoms with Crippen molar-refractivity contribution in [3.63, 3.8) is 0 Å². The van der Waals surface area contributed by atoms with E-state index in [-0.39, 0.29) is 28.3 Å². The third-order valence-corrected chi connectivity index (χ3v) is 3.24. The molecule has 1 saturated heterocycles. The predicted molar refractivity (Wildman–Crippen MR) is 64.6 cm³/mol. The molecule has 1 aromatic carbocycles. The van der Waals surface area contributed by atoms with Gasteiger partial charge >= 0.3 is 0 Å². The zero-order valence-electron chi connectivity index (χ0n) is 9.27. The number of amides is 1. The van der Waals surface area contributed by atoms with Gasteiger partial charge in [0, 0.05) is 13.1 Å². The molecule has 1 heterocycles. The van der Waals surface area contributed by atoms with Crippen molar-refractivity contribution in [2.45, 2.75) is 18.2 Å². The topological polar surface area (TPSA) is 60.8 Å². The standard InChI is InChI=1S/C12H14ClNO3/c13-8-3-2-6-14(7-8)12(17)11-9(15)4-1-5-10(11)16/h1,4-5,8,15-16H,2-3,6-7H2. The highest BCUT2D eigenvalue weighted by atomic mass is 35.5. The van der Waals surface area contributed by atoms with Gasteiger partial charge in [0.1, 0.15) is 17.1 Å². The van der Waals surface area contributed by atoms with Crippen molar-refractivity contribution in [1.82, 2.24) is 4.90 Å². The summed E-state index contributed by atoms with van der Waals surface area (Å²) in [5, 5.41) is 19.2. The minimum atomic E-state index is -0.369. The van der Waals surface area contributed by atoms with Crippen molar-refractivity contribution in [1.29, 1.82) is 0 Å². The Morgan fingerprint density at radius 3 is 2.59 bits per heavy atom. The van der Waals surface area contributed by atoms with Crippen LogP contribution in [0.15, 0.2) is 18.2 Å². The van der Waals surface area contributed by atoms with Gasteiger partial charge in [0.25, 0.3) is 5.91 Å². The van der Waals surface area contributed by atoms with E-state index in [0.717, 1.165) is 12.8 Å². The van der Waals surface area contributed by atoms with Crippen LogP contribution in [0.3, 0.4) is 0 Å². The lowest BCUT2D eigenvalue weighted by atomic mass is 10.1. The minimum Gasteiger partial charge on any atom is -0.507 e. The van der Waals surface area contributed by atoms with Crippen LogP contribution in [0, 0.1) is 0 Å². The van der Waals surface area contributed by atoms with Crippen LogP contribution in [0.2, 0.25) is 0 Å². The third-order valence-electron chi connectivity index (χ3n) is 2.89. The Bertz CT molecular complexity index is 416. The van der Waals surface area contributed by atoms with E-state index in [2.05, 4.69) is 0 Å². The van der Waals surface area contributed by atoms with E-state index in [9.17, 15) is 15.0 Å². The Balaban J connectivity index is 2.24. The molecule has 0 bridgehead atoms. The number of rotatable bonds is 1. The lowest BCUT2D eigenvalue weighted by Crippen LogP contribution is -2.40. The first kappa shape index (κ1) is 12.0. The number of hydrogen-bond acceptors (Lipinski definition) is 3. The molecular weight excluding hydrogens is 242 g/mol. The van der Waals surface area contributed by atoms with Crippen LogP contribution in [0.4, 0.5) is 0 Å². The van der Waals surface area contributed by atoms with Gasteiger partial charge in [-0.1, -0.05) is 6.07 Å². The van der Waals surface area contributed by atoms with Gasteiger partial charge in [-0.25, -0.2) is 0 Å². The quantitative estimate of drug-likeness (QED) is 0.754. The smallest absolute Gasteiger partial charge is 0.261 e. The van der Waals surface area contributed by atoms with E-state index in [0.29, 0.717) is 13.1 Å². The largest absolute Gasteiger partial charge is 0.507 e. The summed E-state index contributed by atoms with van der Waals surface area (Å²) in [7, 11) is 0. The maximum Gasteiger partial charge on any atom is 0.261 e. The number of likely N-dealkylation sites (tertiary alicyclic amines) is 1. The Morgan fingerprint density at radius 2 is 2.00 bits per heavy atom. The van der Waals surface area contributed by atoms with E-state index in [1.165, 1.54) is 18.2 Å². The molecule has 0 aromatic heterocycles. The van der Waals surface area contributed by atoms with E-state index in [4.69, 9.17) is 11.6 Å². The lowest BCUT2D eigenvalue weighted by Gasteiger charge is -2.30. The zero-order chi connectivity index (χ0) is 12.4. The summed E-state index contributed by atoms with van der Waals surface area (Å²) in [6.07, 6.45) is 1.73. The minimum absolute atomic E-state index is 0.0433. The number of phenolic OH excluding ortho intramolecular Hbond substituents is 2. The number of carbonyl (C=O) groups excluding carboxylic acids is 1. The van der Waals surface area contributed by atoms with Crippen LogP contribution in [-0.2, 0) is 0 Å². The van der Waals surface area contributed by atoms with Gasteiger partial charge in [-0.2, -0.15) is 0 Å². The second-order valence-corrected chi connectivity index (χ2v) is 4.78. The first-order chi connectivity index (χ1) is 8.09. The van der Waals surface area contributed by atoms with Crippen molar-refractivity contribution in [3.05, 3.63) is 23.8 Å². The van der Waals surface area contributed by atoms with E-state index in [1.807, 2.05) is 0 Å². The van der Waals surface area contributed by atoms with E-state index >= 15 is 0 Å². The number of aromatic hydroxyl groups is 2. The molecule has 2 N–H and O–H groups in total. The SMILES string of the molecule is O=C(c1c(O)cccc1O)N1CCCC(Cl)C1. The second kappa shape index (κ2) is 4.84. The normalized spacial score (nSPS) is 20.3. The number of piperidine rings is 1. The molecule has 17 heavy (non-hydrogen) atoms. The van der Waals surface area contributed by atoms with Gasteiger partial charge in [-0.05, 0) is 25.0 Å². The van der Waals surface area contributed by atoms with Crippen LogP contribution in [-0.4, -0.2) is 39.5 Å². The molecule has 1 aliphatic rings. The highest BCUT2D eigenvalue weighted by Gasteiger charge is 2.26. The highest BCUT2D eigenvalue weighted by Crippen LogP contribution is 2.29. The number of halogens is 1. The van der Waals surface area contributed by atoms with Crippen molar-refractivity contribution in [2.24, 2.45) is 0 Å². The van der Waals surface area contributed by atoms with Crippen LogP contribution < -0.4 is 0 Å². The van der Waals surface area contributed by atoms with Crippen molar-refractivity contribution >= 4 is 17.5 Å². The van der Waals surface area contributed by atoms with Crippen LogP contribution in [0.1, 0.15) is 23.2 Å². The van der Waals surface area contributed by atoms with Gasteiger partial charge in [0.05, 0.1) is 5.38 Å². The molecule has 1 atom stereocenters. The Kier molecular flexibility index (Phi) is 3.43. The number of alkyl halides is 1. The number of carbonyl (C=O) groups is 1. The fourth-order valence-corrected chi connectivity index (χ4v) is 2.34. The average Bonchev–Trinajstić information content (AvgIpc) is 2.28. The maximum absolute atomic E-state index is 12.1. The van der Waals surface area contributed by atoms with Crippen molar-refractivity contribution in [3.8, 4) is 11.5 Å². The van der Waals surface area contributed by atoms with Gasteiger partial charge in [0.15, 0.2) is 0 Å². The molecule has 0 radical (unpaired) electrons. The summed E-state index contributed by atoms with van der Waals surface area (Å²) in [4.78, 5) is 13.7. The highest BCUT2D eigenvalue weighted by molar-refractivity contribution is 6.21. The molecule has 4 nitrogen and oxygen atoms in total. The summed E-state index contributed by atoms with van der Waals surface area (Å²) >= 11 is 6.00. The van der Waals surface area contributed by atoms with E-state index in [1.54, 1.807) is 4.90 Å². The first-order valence-electron chi connectivity index (χ1n) is 5.54. The molecule has 2 rings (SSSR count). The molecular formula is C12H14ClNO3. The summed E-state index contributed by atoms with van der Waals surface area (Å²) in [5.41, 5.74) is -0.0433. The lowest BCUT2D eigenvalue weighted by molar-refractivity contribution is 0.0721. The first-order valence-corrected chi connectivity index (χ1v) is 5.97. The molecule has 1 unspecified atom stereocenters. The van der Waals surface area contributed by atoms with Crippen LogP contribution >= 0.6 is 11.6 Å². The molecule has 0 spiro atoms. The maximum atomic E-state index is 12.1. The number of nitrogens with zero attached hydrogens (tertiary/aromatic N) is 1. The zero-order valence-corrected chi connectivity index (χ0v) is 10.0. The monoisotopic (exact) mass is 255 g/mol. The summed E-state index contributed by atoms with van der Waals surface area (Å²) in [6.45, 7) is 1.06. The van der Waals surface area contributed by atoms with Gasteiger partial charge in [0.2, 0.25) is 0 Å². The molecule has 5 heteroatoms. The molecule has 1 amide bonds. The molecule has 92 valence electrons. The third kappa shape index (κ3) is 2.47. The summed E-state index contributed by atoms with van der Waals surface area (Å²) in [5.74, 6) is -0.774. The molecule has 1 aromatic rings. The summed E-state index contributed by atoms with van der Waals surface area (Å²) < 4.78 is 0. The van der Waals surface area contributed by atoms with Crippen LogP contribution in [0.25, 0.3) is 0 Å². The Labute approximate surface area is 104 Å². The number of benzene rings is 1. The molecule has 0 aliphatic carbocycles. The number of hydrogen-bond donors (Lipinski definition) is 2. The summed E-state index contributed by atoms with van der Waals surface area (Å²) in [6, 6.07) is 4.26. The van der Waals surface area contributed by atoms with E-state index < -0.39 is 0 Å². The van der Waals surface area contributed by atoms with Gasteiger partial charge in [-0.3, -0.25) is 4.79 Å². The Hall–Kier alpha value is -1.42. The van der Waals surface area contributed by atoms with Crippen molar-refractivity contribution < 1.29 is 15.0 Å². The molecule has 1 fully saturated rings. The molecule has 1 aliphatic heterocycles. The predicted octanol–water partition coefficient (Wildman–Crippen LogP) is 1.94. The fraction of sp³-hybridized carbons (Fsp3) is 0.417. The average molecular weight is 256 g/mol. The number of phenols is 2.